The van der Waals surface area contributed by atoms with Gasteiger partial charge in [-0.1, -0.05) is 0 Å². The molecule has 0 aromatic carbocycles. The number of halogens is 2. The highest BCUT2D eigenvalue weighted by molar-refractivity contribution is 5.77. The molecule has 2 aliphatic heterocycles. The van der Waals surface area contributed by atoms with Crippen LogP contribution in [0, 0.1) is 5.92 Å². The lowest BCUT2D eigenvalue weighted by Gasteiger charge is -2.37. The molecule has 2 heterocycles. The number of carbonyl (C=O) groups excluding carboxylic acids is 1. The Labute approximate surface area is 112 Å². The molecule has 1 N–H and O–H groups in total. The van der Waals surface area contributed by atoms with Crippen LogP contribution in [-0.4, -0.2) is 66.1 Å². The Morgan fingerprint density at radius 2 is 1.95 bits per heavy atom. The van der Waals surface area contributed by atoms with Crippen molar-refractivity contribution in [2.45, 2.75) is 31.6 Å². The first-order chi connectivity index (χ1) is 9.00. The molecule has 1 amide bonds. The summed E-state index contributed by atoms with van der Waals surface area (Å²) in [4.78, 5) is 14.8. The molecular formula is C13H22F2N2O2. The van der Waals surface area contributed by atoms with Gasteiger partial charge in [-0.15, -0.1) is 0 Å². The van der Waals surface area contributed by atoms with Gasteiger partial charge in [0.15, 0.2) is 0 Å². The van der Waals surface area contributed by atoms with E-state index in [2.05, 4.69) is 0 Å². The van der Waals surface area contributed by atoms with Crippen LogP contribution in [0.1, 0.15) is 25.7 Å². The number of likely N-dealkylation sites (tertiary alicyclic amines) is 2. The predicted molar refractivity (Wildman–Crippen MR) is 67.0 cm³/mol. The van der Waals surface area contributed by atoms with E-state index < -0.39 is 12.5 Å². The molecule has 0 radical (unpaired) electrons. The van der Waals surface area contributed by atoms with Crippen LogP contribution >= 0.6 is 0 Å². The van der Waals surface area contributed by atoms with Gasteiger partial charge in [0.25, 0.3) is 5.92 Å². The number of alkyl halides is 2. The summed E-state index contributed by atoms with van der Waals surface area (Å²) in [7, 11) is 0. The van der Waals surface area contributed by atoms with Crippen molar-refractivity contribution in [2.24, 2.45) is 5.92 Å². The second kappa shape index (κ2) is 6.13. The summed E-state index contributed by atoms with van der Waals surface area (Å²) >= 11 is 0. The highest BCUT2D eigenvalue weighted by Crippen LogP contribution is 2.28. The van der Waals surface area contributed by atoms with Crippen LogP contribution in [0.5, 0.6) is 0 Å². The summed E-state index contributed by atoms with van der Waals surface area (Å²) < 4.78 is 26.6. The van der Waals surface area contributed by atoms with Gasteiger partial charge in [0.2, 0.25) is 5.91 Å². The van der Waals surface area contributed by atoms with Crippen molar-refractivity contribution in [1.29, 1.82) is 0 Å². The van der Waals surface area contributed by atoms with Gasteiger partial charge in [-0.2, -0.15) is 0 Å². The van der Waals surface area contributed by atoms with Gasteiger partial charge in [0.05, 0.1) is 6.54 Å². The first-order valence-electron chi connectivity index (χ1n) is 6.99. The fourth-order valence-electron chi connectivity index (χ4n) is 3.03. The summed E-state index contributed by atoms with van der Waals surface area (Å²) in [6.07, 6.45) is 2.25. The maximum absolute atomic E-state index is 13.3. The molecule has 0 atom stereocenters. The molecule has 0 aromatic heterocycles. The van der Waals surface area contributed by atoms with Gasteiger partial charge < -0.3 is 10.0 Å². The van der Waals surface area contributed by atoms with Crippen LogP contribution in [0.3, 0.4) is 0 Å². The minimum absolute atomic E-state index is 0.00689. The minimum Gasteiger partial charge on any atom is -0.387 e. The normalized spacial score (nSPS) is 25.5. The number of amides is 1. The SMILES string of the molecule is O=C(CO)N1CCC(CN2CCCC(F)(F)C2)CC1. The van der Waals surface area contributed by atoms with Gasteiger partial charge in [0, 0.05) is 26.1 Å². The van der Waals surface area contributed by atoms with Crippen LogP contribution in [0.25, 0.3) is 0 Å². The van der Waals surface area contributed by atoms with Crippen molar-refractivity contribution in [3.8, 4) is 0 Å². The van der Waals surface area contributed by atoms with Crippen LogP contribution in [0.15, 0.2) is 0 Å². The van der Waals surface area contributed by atoms with Crippen molar-refractivity contribution in [3.05, 3.63) is 0 Å². The minimum atomic E-state index is -2.54. The molecule has 0 unspecified atom stereocenters. The van der Waals surface area contributed by atoms with Gasteiger partial charge in [0.1, 0.15) is 6.61 Å². The number of nitrogens with zero attached hydrogens (tertiary/aromatic N) is 2. The molecule has 0 bridgehead atoms. The monoisotopic (exact) mass is 276 g/mol. The van der Waals surface area contributed by atoms with E-state index in [1.807, 2.05) is 4.90 Å². The molecule has 19 heavy (non-hydrogen) atoms. The maximum atomic E-state index is 13.3. The van der Waals surface area contributed by atoms with E-state index in [0.717, 1.165) is 19.4 Å². The lowest BCUT2D eigenvalue weighted by Crippen LogP contribution is -2.47. The molecule has 2 aliphatic rings. The van der Waals surface area contributed by atoms with E-state index in [1.54, 1.807) is 4.90 Å². The maximum Gasteiger partial charge on any atom is 0.260 e. The Kier molecular flexibility index (Phi) is 4.73. The summed E-state index contributed by atoms with van der Waals surface area (Å²) in [6, 6.07) is 0. The second-order valence-corrected chi connectivity index (χ2v) is 5.68. The highest BCUT2D eigenvalue weighted by atomic mass is 19.3. The number of piperidine rings is 2. The Bertz CT molecular complexity index is 318. The molecule has 2 rings (SSSR count). The van der Waals surface area contributed by atoms with Crippen LogP contribution in [0.4, 0.5) is 8.78 Å². The number of aliphatic hydroxyl groups excluding tert-OH is 1. The van der Waals surface area contributed by atoms with Gasteiger partial charge >= 0.3 is 0 Å². The number of aliphatic hydroxyl groups is 1. The van der Waals surface area contributed by atoms with Gasteiger partial charge in [-0.05, 0) is 31.7 Å². The van der Waals surface area contributed by atoms with Crippen molar-refractivity contribution < 1.29 is 18.7 Å². The number of carbonyl (C=O) groups is 1. The molecule has 2 saturated heterocycles. The molecular weight excluding hydrogens is 254 g/mol. The topological polar surface area (TPSA) is 43.8 Å². The zero-order chi connectivity index (χ0) is 13.9. The standard InChI is InChI=1S/C13H22F2N2O2/c14-13(15)4-1-5-16(10-13)8-11-2-6-17(7-3-11)12(19)9-18/h11,18H,1-10H2. The van der Waals surface area contributed by atoms with Gasteiger partial charge in [-0.3, -0.25) is 9.69 Å². The molecule has 0 spiro atoms. The molecule has 0 aliphatic carbocycles. The van der Waals surface area contributed by atoms with Crippen molar-refractivity contribution in [3.63, 3.8) is 0 Å². The summed E-state index contributed by atoms with van der Waals surface area (Å²) in [6.45, 7) is 2.16. The second-order valence-electron chi connectivity index (χ2n) is 5.68. The Hall–Kier alpha value is -0.750. The van der Waals surface area contributed by atoms with E-state index in [0.29, 0.717) is 32.0 Å². The fraction of sp³-hybridized carbons (Fsp3) is 0.923. The summed E-state index contributed by atoms with van der Waals surface area (Å²) in [5.74, 6) is -2.38. The third-order valence-electron chi connectivity index (χ3n) is 4.09. The molecule has 2 fully saturated rings. The van der Waals surface area contributed by atoms with E-state index in [4.69, 9.17) is 5.11 Å². The zero-order valence-electron chi connectivity index (χ0n) is 11.2. The Morgan fingerprint density at radius 1 is 1.26 bits per heavy atom. The van der Waals surface area contributed by atoms with Crippen LogP contribution in [0.2, 0.25) is 0 Å². The van der Waals surface area contributed by atoms with Crippen LogP contribution < -0.4 is 0 Å². The van der Waals surface area contributed by atoms with Gasteiger partial charge in [-0.25, -0.2) is 8.78 Å². The quantitative estimate of drug-likeness (QED) is 0.834. The molecule has 110 valence electrons. The molecule has 6 heteroatoms. The average Bonchev–Trinajstić information content (AvgIpc) is 2.37. The van der Waals surface area contributed by atoms with Crippen molar-refractivity contribution in [2.75, 3.05) is 39.3 Å². The van der Waals surface area contributed by atoms with Crippen LogP contribution in [-0.2, 0) is 4.79 Å². The first-order valence-corrected chi connectivity index (χ1v) is 6.99. The number of hydrogen-bond acceptors (Lipinski definition) is 3. The number of hydrogen-bond donors (Lipinski definition) is 1. The van der Waals surface area contributed by atoms with E-state index >= 15 is 0 Å². The lowest BCUT2D eigenvalue weighted by molar-refractivity contribution is -0.135. The molecule has 4 nitrogen and oxygen atoms in total. The molecule has 0 aromatic rings. The fourth-order valence-corrected chi connectivity index (χ4v) is 3.03. The lowest BCUT2D eigenvalue weighted by atomic mass is 9.95. The predicted octanol–water partition coefficient (Wildman–Crippen LogP) is 0.948. The Morgan fingerprint density at radius 3 is 2.53 bits per heavy atom. The third-order valence-corrected chi connectivity index (χ3v) is 4.09. The van der Waals surface area contributed by atoms with E-state index in [-0.39, 0.29) is 18.9 Å². The Balaban J connectivity index is 1.75. The highest BCUT2D eigenvalue weighted by Gasteiger charge is 2.36. The largest absolute Gasteiger partial charge is 0.387 e. The first kappa shape index (κ1) is 14.7. The van der Waals surface area contributed by atoms with Crippen molar-refractivity contribution >= 4 is 5.91 Å². The third kappa shape index (κ3) is 4.11. The molecule has 0 saturated carbocycles. The van der Waals surface area contributed by atoms with Crippen molar-refractivity contribution in [1.82, 2.24) is 9.80 Å². The average molecular weight is 276 g/mol. The smallest absolute Gasteiger partial charge is 0.260 e. The van der Waals surface area contributed by atoms with E-state index in [1.165, 1.54) is 0 Å². The summed E-state index contributed by atoms with van der Waals surface area (Å²) in [5, 5.41) is 8.79. The van der Waals surface area contributed by atoms with E-state index in [9.17, 15) is 13.6 Å². The zero-order valence-corrected chi connectivity index (χ0v) is 11.2. The summed E-state index contributed by atoms with van der Waals surface area (Å²) in [5.41, 5.74) is 0. The number of rotatable bonds is 3.